The molecule has 1 aromatic carbocycles. The van der Waals surface area contributed by atoms with Crippen molar-refractivity contribution in [3.8, 4) is 0 Å². The van der Waals surface area contributed by atoms with Crippen molar-refractivity contribution in [2.45, 2.75) is 19.3 Å². The molecule has 0 radical (unpaired) electrons. The number of hydrogen-bond acceptors (Lipinski definition) is 3. The van der Waals surface area contributed by atoms with Gasteiger partial charge in [-0.05, 0) is 49.9 Å². The van der Waals surface area contributed by atoms with Crippen molar-refractivity contribution in [3.05, 3.63) is 42.1 Å². The number of carbonyl (C=O) groups excluding carboxylic acids is 1. The van der Waals surface area contributed by atoms with Crippen LogP contribution in [0.1, 0.15) is 18.4 Å². The average molecular weight is 297 g/mol. The van der Waals surface area contributed by atoms with Gasteiger partial charge in [-0.1, -0.05) is 24.3 Å². The second-order valence-electron chi connectivity index (χ2n) is 6.09. The summed E-state index contributed by atoms with van der Waals surface area (Å²) in [5.74, 6) is 0.797. The van der Waals surface area contributed by atoms with E-state index in [-0.39, 0.29) is 5.91 Å². The molecule has 2 heterocycles. The van der Waals surface area contributed by atoms with E-state index in [4.69, 9.17) is 0 Å². The number of carbonyl (C=O) groups is 1. The van der Waals surface area contributed by atoms with Gasteiger partial charge in [0.2, 0.25) is 5.91 Å². The fourth-order valence-electron chi connectivity index (χ4n) is 3.27. The molecule has 22 heavy (non-hydrogen) atoms. The van der Waals surface area contributed by atoms with E-state index in [0.29, 0.717) is 12.5 Å². The zero-order chi connectivity index (χ0) is 15.4. The summed E-state index contributed by atoms with van der Waals surface area (Å²) in [6, 6.07) is 10.6. The number of likely N-dealkylation sites (tertiary alicyclic amines) is 1. The number of hydrogen-bond donors (Lipinski definition) is 1. The van der Waals surface area contributed by atoms with Gasteiger partial charge in [-0.25, -0.2) is 0 Å². The first-order valence-corrected chi connectivity index (χ1v) is 8.02. The molecule has 116 valence electrons. The maximum absolute atomic E-state index is 11.4. The quantitative estimate of drug-likeness (QED) is 0.941. The predicted molar refractivity (Wildman–Crippen MR) is 88.7 cm³/mol. The molecule has 1 aromatic heterocycles. The van der Waals surface area contributed by atoms with Crippen LogP contribution in [0.15, 0.2) is 36.5 Å². The lowest BCUT2D eigenvalue weighted by molar-refractivity contribution is -0.122. The fourth-order valence-corrected chi connectivity index (χ4v) is 3.27. The summed E-state index contributed by atoms with van der Waals surface area (Å²) in [7, 11) is 1.70. The molecule has 4 nitrogen and oxygen atoms in total. The van der Waals surface area contributed by atoms with Gasteiger partial charge in [-0.15, -0.1) is 0 Å². The molecular formula is C18H23N3O. The summed E-state index contributed by atoms with van der Waals surface area (Å²) in [5.41, 5.74) is 2.49. The lowest BCUT2D eigenvalue weighted by Gasteiger charge is -2.31. The number of fused-ring (bicyclic) bond motifs is 1. The molecule has 3 rings (SSSR count). The number of para-hydroxylation sites is 1. The standard InChI is InChI=1S/C18H23N3O/c1-19-17(22)13-21-10-7-14(8-11-21)12-16-5-2-4-15-6-3-9-20-18(15)16/h2-6,9,14H,7-8,10-13H2,1H3,(H,19,22). The lowest BCUT2D eigenvalue weighted by atomic mass is 9.89. The Morgan fingerprint density at radius 3 is 2.82 bits per heavy atom. The minimum atomic E-state index is 0.108. The monoisotopic (exact) mass is 297 g/mol. The molecule has 1 aliphatic heterocycles. The van der Waals surface area contributed by atoms with Crippen LogP contribution in [0.5, 0.6) is 0 Å². The largest absolute Gasteiger partial charge is 0.358 e. The van der Waals surface area contributed by atoms with Gasteiger partial charge >= 0.3 is 0 Å². The number of likely N-dealkylation sites (N-methyl/N-ethyl adjacent to an activating group) is 1. The summed E-state index contributed by atoms with van der Waals surface area (Å²) in [5, 5.41) is 3.91. The van der Waals surface area contributed by atoms with Crippen LogP contribution in [-0.4, -0.2) is 42.5 Å². The van der Waals surface area contributed by atoms with Crippen molar-refractivity contribution in [3.63, 3.8) is 0 Å². The van der Waals surface area contributed by atoms with Crippen LogP contribution in [0.3, 0.4) is 0 Å². The van der Waals surface area contributed by atoms with Gasteiger partial charge in [0, 0.05) is 18.6 Å². The summed E-state index contributed by atoms with van der Waals surface area (Å²) in [6.07, 6.45) is 5.26. The topological polar surface area (TPSA) is 45.2 Å². The second-order valence-corrected chi connectivity index (χ2v) is 6.09. The molecule has 0 spiro atoms. The van der Waals surface area contributed by atoms with Crippen LogP contribution in [-0.2, 0) is 11.2 Å². The van der Waals surface area contributed by atoms with Gasteiger partial charge in [-0.2, -0.15) is 0 Å². The van der Waals surface area contributed by atoms with Crippen LogP contribution in [0.25, 0.3) is 10.9 Å². The Bertz CT molecular complexity index is 642. The van der Waals surface area contributed by atoms with E-state index < -0.39 is 0 Å². The minimum absolute atomic E-state index is 0.108. The van der Waals surface area contributed by atoms with E-state index in [0.717, 1.165) is 37.9 Å². The van der Waals surface area contributed by atoms with Gasteiger partial charge in [0.25, 0.3) is 0 Å². The Morgan fingerprint density at radius 1 is 1.27 bits per heavy atom. The maximum atomic E-state index is 11.4. The summed E-state index contributed by atoms with van der Waals surface area (Å²) < 4.78 is 0. The molecule has 0 bridgehead atoms. The van der Waals surface area contributed by atoms with E-state index in [2.05, 4.69) is 39.5 Å². The summed E-state index contributed by atoms with van der Waals surface area (Å²) >= 11 is 0. The van der Waals surface area contributed by atoms with E-state index in [1.54, 1.807) is 7.05 Å². The highest BCUT2D eigenvalue weighted by atomic mass is 16.1. The molecule has 1 saturated heterocycles. The highest BCUT2D eigenvalue weighted by Crippen LogP contribution is 2.25. The first kappa shape index (κ1) is 15.0. The van der Waals surface area contributed by atoms with E-state index in [1.807, 2.05) is 12.3 Å². The van der Waals surface area contributed by atoms with Crippen LogP contribution < -0.4 is 5.32 Å². The Labute approximate surface area is 131 Å². The van der Waals surface area contributed by atoms with Gasteiger partial charge in [0.15, 0.2) is 0 Å². The van der Waals surface area contributed by atoms with Crippen molar-refractivity contribution in [1.29, 1.82) is 0 Å². The predicted octanol–water partition coefficient (Wildman–Crippen LogP) is 2.24. The smallest absolute Gasteiger partial charge is 0.233 e. The van der Waals surface area contributed by atoms with E-state index in [9.17, 15) is 4.79 Å². The molecule has 1 amide bonds. The molecule has 0 saturated carbocycles. The molecule has 1 aliphatic rings. The molecule has 1 fully saturated rings. The molecule has 0 aliphatic carbocycles. The Kier molecular flexibility index (Phi) is 4.68. The number of aromatic nitrogens is 1. The van der Waals surface area contributed by atoms with Crippen molar-refractivity contribution in [2.24, 2.45) is 5.92 Å². The van der Waals surface area contributed by atoms with Gasteiger partial charge in [-0.3, -0.25) is 14.7 Å². The molecular weight excluding hydrogens is 274 g/mol. The number of benzene rings is 1. The van der Waals surface area contributed by atoms with Crippen LogP contribution >= 0.6 is 0 Å². The summed E-state index contributed by atoms with van der Waals surface area (Å²) in [4.78, 5) is 18.2. The third-order valence-corrected chi connectivity index (χ3v) is 4.58. The van der Waals surface area contributed by atoms with Gasteiger partial charge in [0.05, 0.1) is 12.1 Å². The molecule has 1 N–H and O–H groups in total. The third kappa shape index (κ3) is 3.45. The number of piperidine rings is 1. The first-order valence-electron chi connectivity index (χ1n) is 8.02. The Hall–Kier alpha value is -1.94. The normalized spacial score (nSPS) is 16.8. The number of nitrogens with zero attached hydrogens (tertiary/aromatic N) is 2. The molecule has 2 aromatic rings. The van der Waals surface area contributed by atoms with Crippen molar-refractivity contribution < 1.29 is 4.79 Å². The lowest BCUT2D eigenvalue weighted by Crippen LogP contribution is -2.40. The molecule has 4 heteroatoms. The van der Waals surface area contributed by atoms with Crippen LogP contribution in [0.4, 0.5) is 0 Å². The zero-order valence-corrected chi connectivity index (χ0v) is 13.1. The SMILES string of the molecule is CNC(=O)CN1CCC(Cc2cccc3cccnc23)CC1. The third-order valence-electron chi connectivity index (χ3n) is 4.58. The number of pyridine rings is 1. The van der Waals surface area contributed by atoms with Crippen molar-refractivity contribution >= 4 is 16.8 Å². The first-order chi connectivity index (χ1) is 10.8. The average Bonchev–Trinajstić information content (AvgIpc) is 2.57. The Morgan fingerprint density at radius 2 is 2.05 bits per heavy atom. The highest BCUT2D eigenvalue weighted by molar-refractivity contribution is 5.81. The van der Waals surface area contributed by atoms with Crippen molar-refractivity contribution in [2.75, 3.05) is 26.7 Å². The molecule has 0 unspecified atom stereocenters. The number of nitrogens with one attached hydrogen (secondary N) is 1. The summed E-state index contributed by atoms with van der Waals surface area (Å²) in [6.45, 7) is 2.55. The van der Waals surface area contributed by atoms with E-state index >= 15 is 0 Å². The highest BCUT2D eigenvalue weighted by Gasteiger charge is 2.21. The zero-order valence-electron chi connectivity index (χ0n) is 13.1. The fraction of sp³-hybridized carbons (Fsp3) is 0.444. The second kappa shape index (κ2) is 6.88. The minimum Gasteiger partial charge on any atom is -0.358 e. The van der Waals surface area contributed by atoms with Gasteiger partial charge in [0.1, 0.15) is 0 Å². The van der Waals surface area contributed by atoms with Crippen molar-refractivity contribution in [1.82, 2.24) is 15.2 Å². The maximum Gasteiger partial charge on any atom is 0.233 e. The molecule has 0 atom stereocenters. The number of amides is 1. The van der Waals surface area contributed by atoms with Gasteiger partial charge < -0.3 is 5.32 Å². The van der Waals surface area contributed by atoms with E-state index in [1.165, 1.54) is 10.9 Å². The van der Waals surface area contributed by atoms with Crippen LogP contribution in [0, 0.1) is 5.92 Å². The number of rotatable bonds is 4. The van der Waals surface area contributed by atoms with Crippen LogP contribution in [0.2, 0.25) is 0 Å². The Balaban J connectivity index is 1.61.